The molecule has 0 spiro atoms. The summed E-state index contributed by atoms with van der Waals surface area (Å²) in [6, 6.07) is 9.51. The van der Waals surface area contributed by atoms with E-state index in [1.54, 1.807) is 0 Å². The van der Waals surface area contributed by atoms with Gasteiger partial charge in [0.05, 0.1) is 12.0 Å². The monoisotopic (exact) mass is 506 g/mol. The van der Waals surface area contributed by atoms with Crippen molar-refractivity contribution < 1.29 is 23.5 Å². The lowest BCUT2D eigenvalue weighted by Gasteiger charge is -2.40. The van der Waals surface area contributed by atoms with Gasteiger partial charge in [-0.1, -0.05) is 104 Å². The van der Waals surface area contributed by atoms with Gasteiger partial charge in [0.25, 0.3) is 0 Å². The summed E-state index contributed by atoms with van der Waals surface area (Å²) in [5, 5.41) is 0.0405. The molecule has 0 aliphatic rings. The number of hydrogen-bond acceptors (Lipinski definition) is 5. The van der Waals surface area contributed by atoms with Gasteiger partial charge in [-0.2, -0.15) is 0 Å². The molecule has 0 saturated carbocycles. The van der Waals surface area contributed by atoms with Crippen molar-refractivity contribution in [3.8, 4) is 0 Å². The molecule has 0 aliphatic carbocycles. The van der Waals surface area contributed by atoms with Gasteiger partial charge < -0.3 is 13.9 Å². The number of hydrogen-bond donors (Lipinski definition) is 0. The van der Waals surface area contributed by atoms with E-state index in [1.807, 2.05) is 51.1 Å². The third-order valence-corrected chi connectivity index (χ3v) is 11.6. The third kappa shape index (κ3) is 10.9. The molecule has 35 heavy (non-hydrogen) atoms. The Morgan fingerprint density at radius 1 is 0.914 bits per heavy atom. The first-order valence-corrected chi connectivity index (χ1v) is 16.3. The predicted octanol–water partition coefficient (Wildman–Crippen LogP) is 7.68. The number of carbonyl (C=O) groups is 2. The Morgan fingerprint density at radius 3 is 2.06 bits per heavy atom. The normalized spacial score (nSPS) is 14.9. The van der Waals surface area contributed by atoms with Gasteiger partial charge in [0, 0.05) is 5.92 Å². The summed E-state index contributed by atoms with van der Waals surface area (Å²) >= 11 is 0. The quantitative estimate of drug-likeness (QED) is 0.139. The number of esters is 2. The van der Waals surface area contributed by atoms with Crippen molar-refractivity contribution in [1.29, 1.82) is 0 Å². The van der Waals surface area contributed by atoms with Crippen LogP contribution in [0.5, 0.6) is 0 Å². The summed E-state index contributed by atoms with van der Waals surface area (Å²) in [6.45, 7) is 19.0. The minimum Gasteiger partial charge on any atom is -0.458 e. The molecule has 0 bridgehead atoms. The fourth-order valence-electron chi connectivity index (χ4n) is 3.57. The number of rotatable bonds is 15. The minimum absolute atomic E-state index is 0.0405. The summed E-state index contributed by atoms with van der Waals surface area (Å²) in [4.78, 5) is 26.0. The van der Waals surface area contributed by atoms with E-state index in [9.17, 15) is 9.59 Å². The van der Waals surface area contributed by atoms with E-state index in [4.69, 9.17) is 13.9 Å². The molecule has 0 N–H and O–H groups in total. The molecule has 1 rings (SSSR count). The highest BCUT2D eigenvalue weighted by molar-refractivity contribution is 6.74. The average Bonchev–Trinajstić information content (AvgIpc) is 2.79. The van der Waals surface area contributed by atoms with Gasteiger partial charge >= 0.3 is 11.9 Å². The van der Waals surface area contributed by atoms with Crippen LogP contribution in [0.2, 0.25) is 18.1 Å². The first-order valence-electron chi connectivity index (χ1n) is 13.4. The zero-order valence-corrected chi connectivity index (χ0v) is 24.7. The zero-order chi connectivity index (χ0) is 26.6. The fourth-order valence-corrected chi connectivity index (χ4v) is 5.00. The molecule has 0 heterocycles. The lowest BCUT2D eigenvalue weighted by Crippen LogP contribution is -2.47. The van der Waals surface area contributed by atoms with Crippen LogP contribution in [-0.4, -0.2) is 32.5 Å². The Hall–Kier alpha value is -1.66. The van der Waals surface area contributed by atoms with E-state index in [-0.39, 0.29) is 23.7 Å². The highest BCUT2D eigenvalue weighted by Gasteiger charge is 2.42. The maximum atomic E-state index is 13.3. The van der Waals surface area contributed by atoms with Gasteiger partial charge in [-0.25, -0.2) is 4.79 Å². The smallest absolute Gasteiger partial charge is 0.348 e. The Bertz CT molecular complexity index is 754. The van der Waals surface area contributed by atoms with E-state index in [0.29, 0.717) is 0 Å². The van der Waals surface area contributed by atoms with E-state index in [1.165, 1.54) is 19.3 Å². The van der Waals surface area contributed by atoms with E-state index >= 15 is 0 Å². The van der Waals surface area contributed by atoms with Crippen molar-refractivity contribution >= 4 is 20.3 Å². The number of unbranched alkanes of at least 4 members (excludes halogenated alkanes) is 4. The summed E-state index contributed by atoms with van der Waals surface area (Å²) in [7, 11) is -2.09. The van der Waals surface area contributed by atoms with Crippen molar-refractivity contribution in [2.75, 3.05) is 0 Å². The van der Waals surface area contributed by atoms with Crippen LogP contribution in [0.1, 0.15) is 92.6 Å². The van der Waals surface area contributed by atoms with Crippen LogP contribution in [-0.2, 0) is 30.1 Å². The van der Waals surface area contributed by atoms with Gasteiger partial charge in [0.2, 0.25) is 6.10 Å². The lowest BCUT2D eigenvalue weighted by atomic mass is 9.98. The molecule has 5 nitrogen and oxygen atoms in total. The van der Waals surface area contributed by atoms with E-state index in [0.717, 1.165) is 24.8 Å². The van der Waals surface area contributed by atoms with E-state index < -0.39 is 32.3 Å². The first kappa shape index (κ1) is 31.4. The van der Waals surface area contributed by atoms with Gasteiger partial charge in [0.15, 0.2) is 8.32 Å². The largest absolute Gasteiger partial charge is 0.458 e. The third-order valence-electron chi connectivity index (χ3n) is 7.08. The van der Waals surface area contributed by atoms with Crippen molar-refractivity contribution in [2.45, 2.75) is 124 Å². The van der Waals surface area contributed by atoms with Crippen LogP contribution in [0.3, 0.4) is 0 Å². The number of carbonyl (C=O) groups excluding carboxylic acids is 2. The van der Waals surface area contributed by atoms with Crippen LogP contribution in [0.25, 0.3) is 0 Å². The predicted molar refractivity (Wildman–Crippen MR) is 146 cm³/mol. The molecule has 3 atom stereocenters. The Morgan fingerprint density at radius 2 is 1.51 bits per heavy atom. The molecule has 0 saturated heterocycles. The second kappa shape index (κ2) is 14.8. The SMILES string of the molecule is CCCCCCC[C@@H](O[Si](C)(C)C(C)(C)C)[C@H](C)C(=O)O[C@H](C(=O)OCc1ccccc1)C(C)C. The van der Waals surface area contributed by atoms with E-state index in [2.05, 4.69) is 40.8 Å². The van der Waals surface area contributed by atoms with Gasteiger partial charge in [-0.15, -0.1) is 0 Å². The zero-order valence-electron chi connectivity index (χ0n) is 23.7. The highest BCUT2D eigenvalue weighted by atomic mass is 28.4. The topological polar surface area (TPSA) is 61.8 Å². The van der Waals surface area contributed by atoms with Crippen molar-refractivity contribution in [2.24, 2.45) is 11.8 Å². The summed E-state index contributed by atoms with van der Waals surface area (Å²) in [5.74, 6) is -1.55. The van der Waals surface area contributed by atoms with Crippen LogP contribution in [0, 0.1) is 11.8 Å². The summed E-state index contributed by atoms with van der Waals surface area (Å²) < 4.78 is 18.0. The molecule has 0 unspecified atom stereocenters. The second-order valence-corrected chi connectivity index (χ2v) is 16.4. The number of benzene rings is 1. The van der Waals surface area contributed by atoms with Gasteiger partial charge in [-0.05, 0) is 37.0 Å². The first-order chi connectivity index (χ1) is 16.3. The van der Waals surface area contributed by atoms with Crippen LogP contribution in [0.4, 0.5) is 0 Å². The summed E-state index contributed by atoms with van der Waals surface area (Å²) in [6.07, 6.45) is 5.43. The second-order valence-electron chi connectivity index (χ2n) is 11.6. The molecular formula is C29H50O5Si. The average molecular weight is 507 g/mol. The molecule has 1 aromatic rings. The molecule has 0 radical (unpaired) electrons. The molecule has 6 heteroatoms. The van der Waals surface area contributed by atoms with Crippen molar-refractivity contribution in [3.05, 3.63) is 35.9 Å². The Kier molecular flexibility index (Phi) is 13.3. The van der Waals surface area contributed by atoms with Gasteiger partial charge in [0.1, 0.15) is 6.61 Å². The van der Waals surface area contributed by atoms with Crippen molar-refractivity contribution in [1.82, 2.24) is 0 Å². The Labute approximate surface area is 215 Å². The molecular weight excluding hydrogens is 456 g/mol. The van der Waals surface area contributed by atoms with Crippen molar-refractivity contribution in [3.63, 3.8) is 0 Å². The standard InChI is InChI=1S/C29H50O5Si/c1-10-11-12-13-17-20-25(34-35(8,9)29(5,6)7)23(4)27(30)33-26(22(2)3)28(31)32-21-24-18-15-14-16-19-24/h14-16,18-19,22-23,25-26H,10-13,17,20-21H2,1-9H3/t23-,25+,26-/m0/s1. The molecule has 0 aromatic heterocycles. The minimum atomic E-state index is -2.09. The van der Waals surface area contributed by atoms with Gasteiger partial charge in [-0.3, -0.25) is 4.79 Å². The maximum absolute atomic E-state index is 13.3. The molecule has 1 aromatic carbocycles. The van der Waals surface area contributed by atoms with Crippen LogP contribution >= 0.6 is 0 Å². The molecule has 0 aliphatic heterocycles. The fraction of sp³-hybridized carbons (Fsp3) is 0.724. The molecule has 0 amide bonds. The highest BCUT2D eigenvalue weighted by Crippen LogP contribution is 2.39. The maximum Gasteiger partial charge on any atom is 0.348 e. The van der Waals surface area contributed by atoms with Crippen LogP contribution < -0.4 is 0 Å². The van der Waals surface area contributed by atoms with Crippen LogP contribution in [0.15, 0.2) is 30.3 Å². The summed E-state index contributed by atoms with van der Waals surface area (Å²) in [5.41, 5.74) is 0.897. The number of ether oxygens (including phenoxy) is 2. The molecule has 200 valence electrons. The Balaban J connectivity index is 2.88. The molecule has 0 fully saturated rings. The lowest BCUT2D eigenvalue weighted by molar-refractivity contribution is -0.176.